The molecule has 2 heterocycles. The standard InChI is InChI=1S/C13H25N5/c1-4-13(5-2)11-18(8-6-7-14-13)10-12-9-17(3)16-15-12/h9,14H,4-8,10-11H2,1-3H3. The van der Waals surface area contributed by atoms with E-state index in [2.05, 4.69) is 34.4 Å². The summed E-state index contributed by atoms with van der Waals surface area (Å²) in [6, 6.07) is 0. The maximum Gasteiger partial charge on any atom is 0.0967 e. The molecule has 0 radical (unpaired) electrons. The van der Waals surface area contributed by atoms with Gasteiger partial charge in [0, 0.05) is 31.9 Å². The van der Waals surface area contributed by atoms with Gasteiger partial charge in [0.1, 0.15) is 0 Å². The zero-order valence-electron chi connectivity index (χ0n) is 11.8. The van der Waals surface area contributed by atoms with Crippen molar-refractivity contribution in [3.05, 3.63) is 11.9 Å². The van der Waals surface area contributed by atoms with Crippen molar-refractivity contribution in [1.29, 1.82) is 0 Å². The number of hydrogen-bond donors (Lipinski definition) is 1. The molecule has 1 N–H and O–H groups in total. The van der Waals surface area contributed by atoms with Gasteiger partial charge in [0.25, 0.3) is 0 Å². The highest BCUT2D eigenvalue weighted by molar-refractivity contribution is 4.96. The van der Waals surface area contributed by atoms with Crippen LogP contribution >= 0.6 is 0 Å². The highest BCUT2D eigenvalue weighted by Gasteiger charge is 2.30. The second-order valence-electron chi connectivity index (χ2n) is 5.36. The van der Waals surface area contributed by atoms with Crippen LogP contribution in [0.4, 0.5) is 0 Å². The van der Waals surface area contributed by atoms with Crippen LogP contribution in [0.15, 0.2) is 6.20 Å². The first-order valence-electron chi connectivity index (χ1n) is 7.00. The van der Waals surface area contributed by atoms with Crippen molar-refractivity contribution in [2.75, 3.05) is 19.6 Å². The Morgan fingerprint density at radius 2 is 2.17 bits per heavy atom. The van der Waals surface area contributed by atoms with Gasteiger partial charge in [-0.05, 0) is 32.4 Å². The summed E-state index contributed by atoms with van der Waals surface area (Å²) in [6.07, 6.45) is 5.58. The van der Waals surface area contributed by atoms with Crippen LogP contribution in [-0.2, 0) is 13.6 Å². The van der Waals surface area contributed by atoms with Crippen LogP contribution in [0.25, 0.3) is 0 Å². The van der Waals surface area contributed by atoms with Crippen LogP contribution in [0.5, 0.6) is 0 Å². The van der Waals surface area contributed by atoms with Gasteiger partial charge in [-0.25, -0.2) is 0 Å². The predicted octanol–water partition coefficient (Wildman–Crippen LogP) is 1.17. The Morgan fingerprint density at radius 1 is 1.39 bits per heavy atom. The number of nitrogens with one attached hydrogen (secondary N) is 1. The maximum atomic E-state index is 4.19. The van der Waals surface area contributed by atoms with Crippen LogP contribution in [0.1, 0.15) is 38.8 Å². The fourth-order valence-corrected chi connectivity index (χ4v) is 2.77. The number of aryl methyl sites for hydroxylation is 1. The number of aromatic nitrogens is 3. The molecule has 0 aromatic carbocycles. The Bertz CT molecular complexity index is 369. The Morgan fingerprint density at radius 3 is 2.78 bits per heavy atom. The van der Waals surface area contributed by atoms with Crippen LogP contribution in [0, 0.1) is 0 Å². The van der Waals surface area contributed by atoms with Gasteiger partial charge in [0.2, 0.25) is 0 Å². The molecule has 102 valence electrons. The largest absolute Gasteiger partial charge is 0.310 e. The van der Waals surface area contributed by atoms with Crippen LogP contribution < -0.4 is 5.32 Å². The van der Waals surface area contributed by atoms with Gasteiger partial charge in [-0.1, -0.05) is 19.1 Å². The number of hydrogen-bond acceptors (Lipinski definition) is 4. The molecule has 18 heavy (non-hydrogen) atoms. The minimum atomic E-state index is 0.276. The van der Waals surface area contributed by atoms with Crippen LogP contribution in [-0.4, -0.2) is 45.1 Å². The van der Waals surface area contributed by atoms with Crippen molar-refractivity contribution >= 4 is 0 Å². The minimum absolute atomic E-state index is 0.276. The second kappa shape index (κ2) is 5.80. The lowest BCUT2D eigenvalue weighted by Gasteiger charge is -2.35. The summed E-state index contributed by atoms with van der Waals surface area (Å²) in [4.78, 5) is 2.51. The molecule has 0 bridgehead atoms. The normalized spacial score (nSPS) is 20.8. The van der Waals surface area contributed by atoms with E-state index in [1.165, 1.54) is 19.3 Å². The molecule has 0 amide bonds. The second-order valence-corrected chi connectivity index (χ2v) is 5.36. The lowest BCUT2D eigenvalue weighted by molar-refractivity contribution is 0.189. The zero-order valence-corrected chi connectivity index (χ0v) is 11.8. The van der Waals surface area contributed by atoms with E-state index in [0.29, 0.717) is 0 Å². The van der Waals surface area contributed by atoms with E-state index in [-0.39, 0.29) is 5.54 Å². The summed E-state index contributed by atoms with van der Waals surface area (Å²) < 4.78 is 1.78. The molecule has 5 nitrogen and oxygen atoms in total. The Kier molecular flexibility index (Phi) is 4.35. The molecule has 0 saturated carbocycles. The molecule has 0 aliphatic carbocycles. The van der Waals surface area contributed by atoms with Gasteiger partial charge >= 0.3 is 0 Å². The molecule has 1 aromatic heterocycles. The zero-order chi connectivity index (χ0) is 13.0. The van der Waals surface area contributed by atoms with Crippen molar-refractivity contribution < 1.29 is 0 Å². The third kappa shape index (κ3) is 3.09. The first kappa shape index (κ1) is 13.5. The Hall–Kier alpha value is -0.940. The van der Waals surface area contributed by atoms with E-state index in [4.69, 9.17) is 0 Å². The molecule has 1 aliphatic heterocycles. The SMILES string of the molecule is CCC1(CC)CN(Cc2cn(C)nn2)CCCN1. The first-order chi connectivity index (χ1) is 8.67. The number of rotatable bonds is 4. The van der Waals surface area contributed by atoms with Crippen molar-refractivity contribution in [2.24, 2.45) is 7.05 Å². The average Bonchev–Trinajstić information content (AvgIpc) is 2.66. The average molecular weight is 251 g/mol. The van der Waals surface area contributed by atoms with Crippen molar-refractivity contribution in [3.8, 4) is 0 Å². The number of nitrogens with zero attached hydrogens (tertiary/aromatic N) is 4. The Labute approximate surface area is 110 Å². The summed E-state index contributed by atoms with van der Waals surface area (Å²) >= 11 is 0. The lowest BCUT2D eigenvalue weighted by atomic mass is 9.92. The first-order valence-corrected chi connectivity index (χ1v) is 7.00. The van der Waals surface area contributed by atoms with Crippen LogP contribution in [0.2, 0.25) is 0 Å². The molecule has 1 aliphatic rings. The third-order valence-corrected chi connectivity index (χ3v) is 4.07. The summed E-state index contributed by atoms with van der Waals surface area (Å²) in [5.74, 6) is 0. The van der Waals surface area contributed by atoms with Gasteiger partial charge in [-0.3, -0.25) is 9.58 Å². The predicted molar refractivity (Wildman–Crippen MR) is 72.2 cm³/mol. The molecule has 5 heteroatoms. The molecule has 0 unspecified atom stereocenters. The summed E-state index contributed by atoms with van der Waals surface area (Å²) in [5, 5.41) is 11.9. The maximum absolute atomic E-state index is 4.19. The van der Waals surface area contributed by atoms with Crippen molar-refractivity contribution in [2.45, 2.75) is 45.2 Å². The van der Waals surface area contributed by atoms with Gasteiger partial charge < -0.3 is 5.32 Å². The van der Waals surface area contributed by atoms with Gasteiger partial charge in [0.15, 0.2) is 0 Å². The summed E-state index contributed by atoms with van der Waals surface area (Å²) in [7, 11) is 1.92. The molecule has 0 atom stereocenters. The van der Waals surface area contributed by atoms with E-state index < -0.39 is 0 Å². The van der Waals surface area contributed by atoms with Crippen LogP contribution in [0.3, 0.4) is 0 Å². The molecule has 0 spiro atoms. The quantitative estimate of drug-likeness (QED) is 0.872. The summed E-state index contributed by atoms with van der Waals surface area (Å²) in [5.41, 5.74) is 1.35. The topological polar surface area (TPSA) is 46.0 Å². The third-order valence-electron chi connectivity index (χ3n) is 4.07. The molecule has 2 rings (SSSR count). The van der Waals surface area contributed by atoms with E-state index in [0.717, 1.165) is 31.9 Å². The highest BCUT2D eigenvalue weighted by atomic mass is 15.4. The van der Waals surface area contributed by atoms with Crippen molar-refractivity contribution in [3.63, 3.8) is 0 Å². The molecule has 1 aromatic rings. The fraction of sp³-hybridized carbons (Fsp3) is 0.846. The van der Waals surface area contributed by atoms with Gasteiger partial charge in [-0.2, -0.15) is 0 Å². The van der Waals surface area contributed by atoms with Gasteiger partial charge in [0.05, 0.1) is 5.69 Å². The van der Waals surface area contributed by atoms with E-state index in [1.54, 1.807) is 4.68 Å². The van der Waals surface area contributed by atoms with Crippen molar-refractivity contribution in [1.82, 2.24) is 25.2 Å². The lowest BCUT2D eigenvalue weighted by Crippen LogP contribution is -2.50. The summed E-state index contributed by atoms with van der Waals surface area (Å²) in [6.45, 7) is 8.85. The minimum Gasteiger partial charge on any atom is -0.310 e. The highest BCUT2D eigenvalue weighted by Crippen LogP contribution is 2.20. The molecular weight excluding hydrogens is 226 g/mol. The molecule has 1 saturated heterocycles. The monoisotopic (exact) mass is 251 g/mol. The Balaban J connectivity index is 2.03. The fourth-order valence-electron chi connectivity index (χ4n) is 2.77. The smallest absolute Gasteiger partial charge is 0.0967 e. The van der Waals surface area contributed by atoms with E-state index in [9.17, 15) is 0 Å². The molecule has 1 fully saturated rings. The van der Waals surface area contributed by atoms with E-state index in [1.807, 2.05) is 13.2 Å². The molecular formula is C13H25N5. The van der Waals surface area contributed by atoms with E-state index >= 15 is 0 Å². The van der Waals surface area contributed by atoms with Gasteiger partial charge in [-0.15, -0.1) is 5.10 Å².